The first kappa shape index (κ1) is 21.3. The van der Waals surface area contributed by atoms with Crippen LogP contribution in [0.3, 0.4) is 0 Å². The largest absolute Gasteiger partial charge is 0.135 e. The summed E-state index contributed by atoms with van der Waals surface area (Å²) in [7, 11) is 0. The van der Waals surface area contributed by atoms with Gasteiger partial charge in [0.05, 0.1) is 0 Å². The van der Waals surface area contributed by atoms with Gasteiger partial charge in [-0.3, -0.25) is 0 Å². The number of hydrogen-bond donors (Lipinski definition) is 0. The molecule has 0 fully saturated rings. The highest BCUT2D eigenvalue weighted by molar-refractivity contribution is 7.23. The lowest BCUT2D eigenvalue weighted by molar-refractivity contribution is 1.62. The summed E-state index contributed by atoms with van der Waals surface area (Å²) < 4.78 is 2.68. The van der Waals surface area contributed by atoms with Crippen molar-refractivity contribution in [2.45, 2.75) is 0 Å². The van der Waals surface area contributed by atoms with Crippen molar-refractivity contribution < 1.29 is 0 Å². The molecule has 7 aromatic rings. The molecular formula is C34H22S2. The molecule has 0 aliphatic heterocycles. The van der Waals surface area contributed by atoms with Crippen molar-refractivity contribution in [3.63, 3.8) is 0 Å². The van der Waals surface area contributed by atoms with Gasteiger partial charge >= 0.3 is 0 Å². The summed E-state index contributed by atoms with van der Waals surface area (Å²) >= 11 is 3.75. The minimum absolute atomic E-state index is 1.25. The highest BCUT2D eigenvalue weighted by Crippen LogP contribution is 2.41. The number of fused-ring (bicyclic) bond motifs is 2. The van der Waals surface area contributed by atoms with Crippen LogP contribution in [0.4, 0.5) is 0 Å². The van der Waals surface area contributed by atoms with Crippen molar-refractivity contribution in [1.29, 1.82) is 0 Å². The molecule has 0 spiro atoms. The van der Waals surface area contributed by atoms with Gasteiger partial charge in [0.15, 0.2) is 0 Å². The van der Waals surface area contributed by atoms with Gasteiger partial charge in [-0.15, -0.1) is 22.7 Å². The van der Waals surface area contributed by atoms with Gasteiger partial charge in [-0.1, -0.05) is 109 Å². The molecule has 0 aliphatic carbocycles. The van der Waals surface area contributed by atoms with E-state index >= 15 is 0 Å². The monoisotopic (exact) mass is 494 g/mol. The molecule has 0 bridgehead atoms. The van der Waals surface area contributed by atoms with Crippen molar-refractivity contribution in [2.24, 2.45) is 0 Å². The van der Waals surface area contributed by atoms with Gasteiger partial charge in [0.2, 0.25) is 0 Å². The SMILES string of the molecule is c1ccc(-c2ccc(-c3cc4cc5sc(-c6ccc(-c7ccccc7)cc6)cc5cc4s3)cc2)cc1. The molecule has 7 rings (SSSR count). The standard InChI is InChI=1S/C34H22S2/c1-3-7-23(8-4-1)25-11-15-27(16-12-25)31-19-29-21-34-30(22-33(29)35-31)20-32(36-34)28-17-13-26(14-18-28)24-9-5-2-6-10-24/h1-22H. The van der Waals surface area contributed by atoms with Gasteiger partial charge in [0.1, 0.15) is 0 Å². The molecule has 0 N–H and O–H groups in total. The third kappa shape index (κ3) is 3.95. The topological polar surface area (TPSA) is 0 Å². The van der Waals surface area contributed by atoms with Crippen LogP contribution < -0.4 is 0 Å². The Hall–Kier alpha value is -3.98. The van der Waals surface area contributed by atoms with Crippen LogP contribution in [-0.4, -0.2) is 0 Å². The fraction of sp³-hybridized carbons (Fsp3) is 0. The molecule has 2 heterocycles. The van der Waals surface area contributed by atoms with E-state index in [-0.39, 0.29) is 0 Å². The van der Waals surface area contributed by atoms with Gasteiger partial charge < -0.3 is 0 Å². The van der Waals surface area contributed by atoms with Crippen LogP contribution >= 0.6 is 22.7 Å². The van der Waals surface area contributed by atoms with Crippen LogP contribution in [0, 0.1) is 0 Å². The minimum Gasteiger partial charge on any atom is -0.135 e. The summed E-state index contributed by atoms with van der Waals surface area (Å²) in [4.78, 5) is 2.64. The summed E-state index contributed by atoms with van der Waals surface area (Å²) in [5.74, 6) is 0. The molecule has 0 radical (unpaired) electrons. The Labute approximate surface area is 218 Å². The lowest BCUT2D eigenvalue weighted by atomic mass is 10.0. The normalized spacial score (nSPS) is 11.3. The average Bonchev–Trinajstić information content (AvgIpc) is 3.56. The summed E-state index contributed by atoms with van der Waals surface area (Å²) in [5.41, 5.74) is 7.57. The second-order valence-electron chi connectivity index (χ2n) is 9.04. The first-order chi connectivity index (χ1) is 17.8. The van der Waals surface area contributed by atoms with Gasteiger partial charge in [-0.2, -0.15) is 0 Å². The van der Waals surface area contributed by atoms with Gasteiger partial charge in [-0.25, -0.2) is 0 Å². The molecule has 0 saturated heterocycles. The maximum absolute atomic E-state index is 2.36. The summed E-state index contributed by atoms with van der Waals surface area (Å²) in [6, 6.07) is 48.4. The van der Waals surface area contributed by atoms with E-state index in [1.807, 2.05) is 22.7 Å². The second-order valence-corrected chi connectivity index (χ2v) is 11.2. The maximum atomic E-state index is 2.36. The lowest BCUT2D eigenvalue weighted by Gasteiger charge is -2.03. The summed E-state index contributed by atoms with van der Waals surface area (Å²) in [6.45, 7) is 0. The molecule has 0 amide bonds. The fourth-order valence-corrected chi connectivity index (χ4v) is 6.97. The fourth-order valence-electron chi connectivity index (χ4n) is 4.77. The van der Waals surface area contributed by atoms with Crippen molar-refractivity contribution >= 4 is 42.8 Å². The van der Waals surface area contributed by atoms with Gasteiger partial charge in [0, 0.05) is 19.2 Å². The second kappa shape index (κ2) is 8.91. The minimum atomic E-state index is 1.25. The van der Waals surface area contributed by atoms with E-state index in [1.165, 1.54) is 63.3 Å². The molecule has 0 unspecified atom stereocenters. The summed E-state index contributed by atoms with van der Waals surface area (Å²) in [6.07, 6.45) is 0. The van der Waals surface area contributed by atoms with E-state index in [0.717, 1.165) is 0 Å². The first-order valence-electron chi connectivity index (χ1n) is 12.1. The van der Waals surface area contributed by atoms with E-state index < -0.39 is 0 Å². The Bertz CT molecular complexity index is 1600. The molecule has 2 aromatic heterocycles. The number of hydrogen-bond acceptors (Lipinski definition) is 2. The molecule has 0 atom stereocenters. The van der Waals surface area contributed by atoms with Crippen LogP contribution in [0.15, 0.2) is 133 Å². The number of benzene rings is 5. The molecule has 170 valence electrons. The smallest absolute Gasteiger partial charge is 0.0356 e. The molecular weight excluding hydrogens is 473 g/mol. The van der Waals surface area contributed by atoms with Crippen molar-refractivity contribution in [3.05, 3.63) is 133 Å². The third-order valence-electron chi connectivity index (χ3n) is 6.71. The molecule has 0 aliphatic rings. The Morgan fingerprint density at radius 2 is 0.639 bits per heavy atom. The van der Waals surface area contributed by atoms with E-state index in [0.29, 0.717) is 0 Å². The van der Waals surface area contributed by atoms with Crippen molar-refractivity contribution in [1.82, 2.24) is 0 Å². The van der Waals surface area contributed by atoms with Crippen LogP contribution in [0.25, 0.3) is 63.3 Å². The Morgan fingerprint density at radius 1 is 0.306 bits per heavy atom. The van der Waals surface area contributed by atoms with E-state index in [9.17, 15) is 0 Å². The Balaban J connectivity index is 1.19. The molecule has 5 aromatic carbocycles. The highest BCUT2D eigenvalue weighted by atomic mass is 32.1. The van der Waals surface area contributed by atoms with Gasteiger partial charge in [-0.05, 0) is 68.4 Å². The molecule has 0 nitrogen and oxygen atoms in total. The van der Waals surface area contributed by atoms with E-state index in [2.05, 4.69) is 133 Å². The highest BCUT2D eigenvalue weighted by Gasteiger charge is 2.10. The first-order valence-corrected chi connectivity index (χ1v) is 13.7. The zero-order valence-corrected chi connectivity index (χ0v) is 21.2. The zero-order chi connectivity index (χ0) is 23.9. The molecule has 0 saturated carbocycles. The predicted octanol–water partition coefficient (Wildman–Crippen LogP) is 10.8. The molecule has 2 heteroatoms. The van der Waals surface area contributed by atoms with Crippen LogP contribution in [0.1, 0.15) is 0 Å². The summed E-state index contributed by atoms with van der Waals surface area (Å²) in [5, 5.41) is 2.64. The number of thiophene rings is 2. The van der Waals surface area contributed by atoms with Crippen LogP contribution in [0.5, 0.6) is 0 Å². The molecule has 36 heavy (non-hydrogen) atoms. The van der Waals surface area contributed by atoms with E-state index in [4.69, 9.17) is 0 Å². The third-order valence-corrected chi connectivity index (χ3v) is 9.00. The van der Waals surface area contributed by atoms with Gasteiger partial charge in [0.25, 0.3) is 0 Å². The lowest BCUT2D eigenvalue weighted by Crippen LogP contribution is -1.77. The van der Waals surface area contributed by atoms with Crippen molar-refractivity contribution in [3.8, 4) is 43.1 Å². The Morgan fingerprint density at radius 3 is 1.03 bits per heavy atom. The van der Waals surface area contributed by atoms with E-state index in [1.54, 1.807) is 0 Å². The average molecular weight is 495 g/mol. The van der Waals surface area contributed by atoms with Crippen LogP contribution in [0.2, 0.25) is 0 Å². The Kier molecular flexibility index (Phi) is 5.27. The predicted molar refractivity (Wildman–Crippen MR) is 159 cm³/mol. The zero-order valence-electron chi connectivity index (χ0n) is 19.5. The van der Waals surface area contributed by atoms with Crippen molar-refractivity contribution in [2.75, 3.05) is 0 Å². The number of rotatable bonds is 4. The maximum Gasteiger partial charge on any atom is 0.0356 e. The quantitative estimate of drug-likeness (QED) is 0.228. The van der Waals surface area contributed by atoms with Crippen LogP contribution in [-0.2, 0) is 0 Å².